The normalized spacial score (nSPS) is 13.5. The van der Waals surface area contributed by atoms with Crippen LogP contribution in [0, 0.1) is 0 Å². The zero-order chi connectivity index (χ0) is 15.2. The van der Waals surface area contributed by atoms with Crippen LogP contribution in [0.25, 0.3) is 0 Å². The number of carbonyl (C=O) groups excluding carboxylic acids is 1. The van der Waals surface area contributed by atoms with Gasteiger partial charge in [0.05, 0.1) is 12.1 Å². The monoisotopic (exact) mass is 346 g/mol. The topological polar surface area (TPSA) is 55.1 Å². The van der Waals surface area contributed by atoms with E-state index in [4.69, 9.17) is 5.73 Å². The number of amides is 1. The molecule has 0 saturated heterocycles. The van der Waals surface area contributed by atoms with E-state index >= 15 is 0 Å². The molecule has 0 aliphatic heterocycles. The van der Waals surface area contributed by atoms with Crippen LogP contribution >= 0.6 is 15.9 Å². The molecule has 2 aromatic carbocycles. The van der Waals surface area contributed by atoms with E-state index in [1.807, 2.05) is 61.5 Å². The molecular formula is C17H19BrN2O. The molecule has 0 bridgehead atoms. The first-order valence-electron chi connectivity index (χ1n) is 6.91. The number of hydrogen-bond acceptors (Lipinski definition) is 2. The molecule has 3 N–H and O–H groups in total. The standard InChI is InChI=1S/C17H19BrN2O/c1-12(14-8-5-9-15(18)11-14)20-17(21)16(19)10-13-6-3-2-4-7-13/h2-9,11-12,16H,10,19H2,1H3,(H,20,21)/t12?,16-/m0/s1. The van der Waals surface area contributed by atoms with Gasteiger partial charge in [-0.05, 0) is 36.6 Å². The third kappa shape index (κ3) is 4.69. The molecule has 2 atom stereocenters. The zero-order valence-corrected chi connectivity index (χ0v) is 13.5. The highest BCUT2D eigenvalue weighted by atomic mass is 79.9. The zero-order valence-electron chi connectivity index (χ0n) is 11.9. The van der Waals surface area contributed by atoms with Crippen molar-refractivity contribution in [2.45, 2.75) is 25.4 Å². The van der Waals surface area contributed by atoms with Crippen LogP contribution in [0.2, 0.25) is 0 Å². The van der Waals surface area contributed by atoms with E-state index in [0.717, 1.165) is 15.6 Å². The lowest BCUT2D eigenvalue weighted by atomic mass is 10.0. The number of nitrogens with one attached hydrogen (secondary N) is 1. The van der Waals surface area contributed by atoms with Crippen molar-refractivity contribution >= 4 is 21.8 Å². The molecular weight excluding hydrogens is 328 g/mol. The second kappa shape index (κ2) is 7.38. The van der Waals surface area contributed by atoms with Crippen molar-refractivity contribution in [2.24, 2.45) is 5.73 Å². The van der Waals surface area contributed by atoms with Crippen LogP contribution in [-0.4, -0.2) is 11.9 Å². The lowest BCUT2D eigenvalue weighted by Crippen LogP contribution is -2.42. The summed E-state index contributed by atoms with van der Waals surface area (Å²) in [5.41, 5.74) is 8.10. The molecule has 4 heteroatoms. The van der Waals surface area contributed by atoms with Gasteiger partial charge in [-0.1, -0.05) is 58.4 Å². The van der Waals surface area contributed by atoms with Gasteiger partial charge in [0.25, 0.3) is 0 Å². The Balaban J connectivity index is 1.94. The number of rotatable bonds is 5. The van der Waals surface area contributed by atoms with Crippen LogP contribution in [0.15, 0.2) is 59.1 Å². The molecule has 0 heterocycles. The Morgan fingerprint density at radius 3 is 2.57 bits per heavy atom. The molecule has 110 valence electrons. The first-order chi connectivity index (χ1) is 10.1. The molecule has 0 aliphatic rings. The molecule has 0 aromatic heterocycles. The van der Waals surface area contributed by atoms with E-state index in [9.17, 15) is 4.79 Å². The first-order valence-corrected chi connectivity index (χ1v) is 7.71. The summed E-state index contributed by atoms with van der Waals surface area (Å²) in [5, 5.41) is 2.96. The van der Waals surface area contributed by atoms with Crippen LogP contribution in [0.4, 0.5) is 0 Å². The second-order valence-corrected chi connectivity index (χ2v) is 6.00. The quantitative estimate of drug-likeness (QED) is 0.873. The molecule has 0 radical (unpaired) electrons. The summed E-state index contributed by atoms with van der Waals surface area (Å²) in [6.07, 6.45) is 0.540. The van der Waals surface area contributed by atoms with Gasteiger partial charge in [-0.25, -0.2) is 0 Å². The van der Waals surface area contributed by atoms with Gasteiger partial charge < -0.3 is 11.1 Å². The van der Waals surface area contributed by atoms with E-state index in [1.54, 1.807) is 0 Å². The van der Waals surface area contributed by atoms with Gasteiger partial charge in [0.2, 0.25) is 5.91 Å². The summed E-state index contributed by atoms with van der Waals surface area (Å²) >= 11 is 3.43. The molecule has 21 heavy (non-hydrogen) atoms. The van der Waals surface area contributed by atoms with Gasteiger partial charge >= 0.3 is 0 Å². The van der Waals surface area contributed by atoms with Crippen molar-refractivity contribution in [2.75, 3.05) is 0 Å². The molecule has 0 spiro atoms. The Bertz CT molecular complexity index is 601. The number of carbonyl (C=O) groups is 1. The van der Waals surface area contributed by atoms with Crippen LogP contribution in [0.3, 0.4) is 0 Å². The largest absolute Gasteiger partial charge is 0.348 e. The van der Waals surface area contributed by atoms with Crippen LogP contribution in [-0.2, 0) is 11.2 Å². The fourth-order valence-electron chi connectivity index (χ4n) is 2.14. The van der Waals surface area contributed by atoms with Crippen molar-refractivity contribution in [3.8, 4) is 0 Å². The second-order valence-electron chi connectivity index (χ2n) is 5.08. The van der Waals surface area contributed by atoms with E-state index in [-0.39, 0.29) is 11.9 Å². The van der Waals surface area contributed by atoms with E-state index < -0.39 is 6.04 Å². The average Bonchev–Trinajstić information content (AvgIpc) is 2.48. The van der Waals surface area contributed by atoms with Crippen molar-refractivity contribution in [3.63, 3.8) is 0 Å². The highest BCUT2D eigenvalue weighted by Crippen LogP contribution is 2.18. The molecule has 2 rings (SSSR count). The lowest BCUT2D eigenvalue weighted by molar-refractivity contribution is -0.123. The maximum Gasteiger partial charge on any atom is 0.237 e. The van der Waals surface area contributed by atoms with Crippen molar-refractivity contribution in [1.29, 1.82) is 0 Å². The van der Waals surface area contributed by atoms with Crippen LogP contribution < -0.4 is 11.1 Å². The van der Waals surface area contributed by atoms with Gasteiger partial charge in [0.15, 0.2) is 0 Å². The lowest BCUT2D eigenvalue weighted by Gasteiger charge is -2.18. The molecule has 0 aliphatic carbocycles. The fraction of sp³-hybridized carbons (Fsp3) is 0.235. The third-order valence-electron chi connectivity index (χ3n) is 3.34. The molecule has 2 aromatic rings. The van der Waals surface area contributed by atoms with Crippen molar-refractivity contribution < 1.29 is 4.79 Å². The molecule has 1 amide bonds. The van der Waals surface area contributed by atoms with E-state index in [0.29, 0.717) is 6.42 Å². The van der Waals surface area contributed by atoms with Gasteiger partial charge in [-0.2, -0.15) is 0 Å². The average molecular weight is 347 g/mol. The van der Waals surface area contributed by atoms with Crippen LogP contribution in [0.1, 0.15) is 24.1 Å². The predicted octanol–water partition coefficient (Wildman–Crippen LogP) is 3.20. The van der Waals surface area contributed by atoms with Gasteiger partial charge in [-0.15, -0.1) is 0 Å². The predicted molar refractivity (Wildman–Crippen MR) is 88.8 cm³/mol. The summed E-state index contributed by atoms with van der Waals surface area (Å²) < 4.78 is 0.995. The number of hydrogen-bond donors (Lipinski definition) is 2. The Hall–Kier alpha value is -1.65. The minimum absolute atomic E-state index is 0.0724. The Morgan fingerprint density at radius 1 is 1.19 bits per heavy atom. The molecule has 0 saturated carbocycles. The first kappa shape index (κ1) is 15.7. The summed E-state index contributed by atoms with van der Waals surface area (Å²) in [5.74, 6) is -0.133. The summed E-state index contributed by atoms with van der Waals surface area (Å²) in [6, 6.07) is 17.1. The van der Waals surface area contributed by atoms with Crippen LogP contribution in [0.5, 0.6) is 0 Å². The van der Waals surface area contributed by atoms with E-state index in [2.05, 4.69) is 21.2 Å². The van der Waals surface area contributed by atoms with E-state index in [1.165, 1.54) is 0 Å². The van der Waals surface area contributed by atoms with Crippen molar-refractivity contribution in [1.82, 2.24) is 5.32 Å². The Morgan fingerprint density at radius 2 is 1.90 bits per heavy atom. The highest BCUT2D eigenvalue weighted by Gasteiger charge is 2.17. The molecule has 0 fully saturated rings. The maximum absolute atomic E-state index is 12.2. The summed E-state index contributed by atoms with van der Waals surface area (Å²) in [4.78, 5) is 12.2. The SMILES string of the molecule is CC(NC(=O)[C@@H](N)Cc1ccccc1)c1cccc(Br)c1. The Labute approximate surface area is 133 Å². The fourth-order valence-corrected chi connectivity index (χ4v) is 2.56. The number of benzene rings is 2. The Kier molecular flexibility index (Phi) is 5.53. The smallest absolute Gasteiger partial charge is 0.237 e. The van der Waals surface area contributed by atoms with Gasteiger partial charge in [0, 0.05) is 4.47 Å². The number of halogens is 1. The molecule has 3 nitrogen and oxygen atoms in total. The van der Waals surface area contributed by atoms with Gasteiger partial charge in [0.1, 0.15) is 0 Å². The maximum atomic E-state index is 12.2. The van der Waals surface area contributed by atoms with Crippen molar-refractivity contribution in [3.05, 3.63) is 70.2 Å². The summed E-state index contributed by atoms with van der Waals surface area (Å²) in [6.45, 7) is 1.95. The minimum Gasteiger partial charge on any atom is -0.348 e. The number of nitrogens with two attached hydrogens (primary N) is 1. The third-order valence-corrected chi connectivity index (χ3v) is 3.84. The highest BCUT2D eigenvalue weighted by molar-refractivity contribution is 9.10. The molecule has 1 unspecified atom stereocenters. The van der Waals surface area contributed by atoms with Gasteiger partial charge in [-0.3, -0.25) is 4.79 Å². The summed E-state index contributed by atoms with van der Waals surface area (Å²) in [7, 11) is 0. The minimum atomic E-state index is -0.540.